The van der Waals surface area contributed by atoms with E-state index < -0.39 is 0 Å². The van der Waals surface area contributed by atoms with Crippen molar-refractivity contribution in [3.63, 3.8) is 0 Å². The molecule has 1 aromatic carbocycles. The monoisotopic (exact) mass is 264 g/mol. The Hall–Kier alpha value is -0.930. The summed E-state index contributed by atoms with van der Waals surface area (Å²) in [5.41, 5.74) is 0.831. The van der Waals surface area contributed by atoms with E-state index in [-0.39, 0.29) is 5.82 Å². The zero-order valence-corrected chi connectivity index (χ0v) is 12.0. The normalized spacial score (nSPS) is 21.6. The quantitative estimate of drug-likeness (QED) is 0.880. The molecule has 1 fully saturated rings. The van der Waals surface area contributed by atoms with Crippen LogP contribution in [-0.2, 0) is 6.42 Å². The van der Waals surface area contributed by atoms with Gasteiger partial charge < -0.3 is 5.32 Å². The van der Waals surface area contributed by atoms with Crippen molar-refractivity contribution in [1.29, 1.82) is 0 Å². The van der Waals surface area contributed by atoms with Gasteiger partial charge in [-0.3, -0.25) is 4.90 Å². The third kappa shape index (κ3) is 3.77. The van der Waals surface area contributed by atoms with Crippen LogP contribution in [0.1, 0.15) is 32.3 Å². The van der Waals surface area contributed by atoms with E-state index in [0.717, 1.165) is 31.6 Å². The van der Waals surface area contributed by atoms with Gasteiger partial charge in [-0.2, -0.15) is 0 Å². The van der Waals surface area contributed by atoms with Gasteiger partial charge in [0, 0.05) is 18.6 Å². The Bertz CT molecular complexity index is 388. The molecule has 1 aliphatic rings. The van der Waals surface area contributed by atoms with Crippen LogP contribution in [0.25, 0.3) is 0 Å². The average Bonchev–Trinajstić information content (AvgIpc) is 2.43. The summed E-state index contributed by atoms with van der Waals surface area (Å²) < 4.78 is 13.7. The molecule has 1 N–H and O–H groups in total. The highest BCUT2D eigenvalue weighted by molar-refractivity contribution is 5.18. The molecule has 0 radical (unpaired) electrons. The van der Waals surface area contributed by atoms with Gasteiger partial charge in [-0.05, 0) is 50.9 Å². The molecule has 2 rings (SSSR count). The third-order valence-electron chi connectivity index (χ3n) is 4.14. The lowest BCUT2D eigenvalue weighted by Crippen LogP contribution is -2.50. The van der Waals surface area contributed by atoms with Gasteiger partial charge in [-0.1, -0.05) is 25.1 Å². The van der Waals surface area contributed by atoms with Crippen molar-refractivity contribution in [3.05, 3.63) is 35.6 Å². The van der Waals surface area contributed by atoms with Crippen molar-refractivity contribution in [2.75, 3.05) is 19.6 Å². The molecule has 0 saturated carbocycles. The van der Waals surface area contributed by atoms with Crippen LogP contribution >= 0.6 is 0 Å². The number of nitrogens with one attached hydrogen (secondary N) is 1. The Morgan fingerprint density at radius 3 is 2.84 bits per heavy atom. The molecule has 0 bridgehead atoms. The first-order valence-electron chi connectivity index (χ1n) is 7.42. The smallest absolute Gasteiger partial charge is 0.126 e. The van der Waals surface area contributed by atoms with E-state index in [1.807, 2.05) is 12.1 Å². The van der Waals surface area contributed by atoms with Gasteiger partial charge >= 0.3 is 0 Å². The summed E-state index contributed by atoms with van der Waals surface area (Å²) in [5.74, 6) is -0.0767. The molecular weight excluding hydrogens is 239 g/mol. The van der Waals surface area contributed by atoms with E-state index in [4.69, 9.17) is 0 Å². The van der Waals surface area contributed by atoms with Gasteiger partial charge in [0.15, 0.2) is 0 Å². The largest absolute Gasteiger partial charge is 0.315 e. The van der Waals surface area contributed by atoms with E-state index >= 15 is 0 Å². The predicted octanol–water partition coefficient (Wildman–Crippen LogP) is 2.83. The summed E-state index contributed by atoms with van der Waals surface area (Å²) in [5, 5.41) is 3.46. The molecule has 0 amide bonds. The van der Waals surface area contributed by atoms with Crippen LogP contribution in [0.15, 0.2) is 24.3 Å². The number of hydrogen-bond acceptors (Lipinski definition) is 2. The first-order valence-corrected chi connectivity index (χ1v) is 7.42. The van der Waals surface area contributed by atoms with Crippen molar-refractivity contribution in [1.82, 2.24) is 10.2 Å². The summed E-state index contributed by atoms with van der Waals surface area (Å²) in [4.78, 5) is 2.51. The fourth-order valence-corrected chi connectivity index (χ4v) is 3.15. The van der Waals surface area contributed by atoms with Crippen molar-refractivity contribution in [2.24, 2.45) is 0 Å². The van der Waals surface area contributed by atoms with Gasteiger partial charge in [0.2, 0.25) is 0 Å². The number of piperidine rings is 1. The Kier molecular flexibility index (Phi) is 5.34. The lowest BCUT2D eigenvalue weighted by Gasteiger charge is -2.38. The van der Waals surface area contributed by atoms with Gasteiger partial charge in [-0.15, -0.1) is 0 Å². The van der Waals surface area contributed by atoms with Crippen LogP contribution in [0.5, 0.6) is 0 Å². The fraction of sp³-hybridized carbons (Fsp3) is 0.625. The first-order chi connectivity index (χ1) is 9.22. The Morgan fingerprint density at radius 1 is 1.42 bits per heavy atom. The van der Waals surface area contributed by atoms with Crippen LogP contribution in [0.3, 0.4) is 0 Å². The van der Waals surface area contributed by atoms with Gasteiger partial charge in [-0.25, -0.2) is 4.39 Å². The maximum atomic E-state index is 13.7. The molecule has 19 heavy (non-hydrogen) atoms. The Labute approximate surface area is 116 Å². The summed E-state index contributed by atoms with van der Waals surface area (Å²) in [7, 11) is 0. The standard InChI is InChI=1S/C16H25FN2/c1-3-19(15-8-6-10-18-12-15)13(2)11-14-7-4-5-9-16(14)17/h4-5,7,9,13,15,18H,3,6,8,10-12H2,1-2H3. The van der Waals surface area contributed by atoms with Crippen molar-refractivity contribution >= 4 is 0 Å². The molecule has 2 atom stereocenters. The van der Waals surface area contributed by atoms with Crippen molar-refractivity contribution < 1.29 is 4.39 Å². The van der Waals surface area contributed by atoms with Crippen LogP contribution in [0.2, 0.25) is 0 Å². The highest BCUT2D eigenvalue weighted by Crippen LogP contribution is 2.18. The van der Waals surface area contributed by atoms with E-state index in [0.29, 0.717) is 12.1 Å². The second-order valence-electron chi connectivity index (χ2n) is 5.48. The van der Waals surface area contributed by atoms with Gasteiger partial charge in [0.05, 0.1) is 0 Å². The number of rotatable bonds is 5. The molecule has 1 heterocycles. The summed E-state index contributed by atoms with van der Waals surface area (Å²) >= 11 is 0. The number of benzene rings is 1. The van der Waals surface area contributed by atoms with Crippen LogP contribution in [0, 0.1) is 5.82 Å². The molecule has 1 aromatic rings. The summed E-state index contributed by atoms with van der Waals surface area (Å²) in [6.07, 6.45) is 3.28. The number of likely N-dealkylation sites (N-methyl/N-ethyl adjacent to an activating group) is 1. The van der Waals surface area contributed by atoms with E-state index in [2.05, 4.69) is 24.1 Å². The molecule has 0 aromatic heterocycles. The highest BCUT2D eigenvalue weighted by atomic mass is 19.1. The molecule has 0 aliphatic carbocycles. The lowest BCUT2D eigenvalue weighted by atomic mass is 10.00. The number of hydrogen-bond donors (Lipinski definition) is 1. The second kappa shape index (κ2) is 7.01. The topological polar surface area (TPSA) is 15.3 Å². The highest BCUT2D eigenvalue weighted by Gasteiger charge is 2.24. The number of halogens is 1. The molecule has 106 valence electrons. The van der Waals surface area contributed by atoms with Crippen LogP contribution in [0.4, 0.5) is 4.39 Å². The zero-order valence-electron chi connectivity index (χ0n) is 12.0. The minimum atomic E-state index is -0.0767. The van der Waals surface area contributed by atoms with E-state index in [1.54, 1.807) is 12.1 Å². The summed E-state index contributed by atoms with van der Waals surface area (Å²) in [6.45, 7) is 7.64. The Balaban J connectivity index is 2.00. The minimum absolute atomic E-state index is 0.0767. The van der Waals surface area contributed by atoms with Crippen LogP contribution in [-0.4, -0.2) is 36.6 Å². The molecule has 2 unspecified atom stereocenters. The maximum Gasteiger partial charge on any atom is 0.126 e. The predicted molar refractivity (Wildman–Crippen MR) is 77.8 cm³/mol. The zero-order chi connectivity index (χ0) is 13.7. The van der Waals surface area contributed by atoms with Gasteiger partial charge in [0.1, 0.15) is 5.82 Å². The van der Waals surface area contributed by atoms with Crippen LogP contribution < -0.4 is 5.32 Å². The molecule has 0 spiro atoms. The third-order valence-corrected chi connectivity index (χ3v) is 4.14. The molecule has 1 saturated heterocycles. The molecular formula is C16H25FN2. The molecule has 3 heteroatoms. The minimum Gasteiger partial charge on any atom is -0.315 e. The maximum absolute atomic E-state index is 13.7. The fourth-order valence-electron chi connectivity index (χ4n) is 3.15. The average molecular weight is 264 g/mol. The lowest BCUT2D eigenvalue weighted by molar-refractivity contribution is 0.127. The SMILES string of the molecule is CCN(C(C)Cc1ccccc1F)C1CCCNC1. The van der Waals surface area contributed by atoms with Crippen molar-refractivity contribution in [3.8, 4) is 0 Å². The first kappa shape index (κ1) is 14.5. The van der Waals surface area contributed by atoms with E-state index in [9.17, 15) is 4.39 Å². The molecule has 2 nitrogen and oxygen atoms in total. The van der Waals surface area contributed by atoms with E-state index in [1.165, 1.54) is 12.8 Å². The van der Waals surface area contributed by atoms with Crippen molar-refractivity contribution in [2.45, 2.75) is 45.2 Å². The van der Waals surface area contributed by atoms with Gasteiger partial charge in [0.25, 0.3) is 0 Å². The number of nitrogens with zero attached hydrogens (tertiary/aromatic N) is 1. The summed E-state index contributed by atoms with van der Waals surface area (Å²) in [6, 6.07) is 8.11. The second-order valence-corrected chi connectivity index (χ2v) is 5.48. The Morgan fingerprint density at radius 2 is 2.21 bits per heavy atom. The molecule has 1 aliphatic heterocycles.